The van der Waals surface area contributed by atoms with Crippen LogP contribution in [-0.2, 0) is 0 Å². The summed E-state index contributed by atoms with van der Waals surface area (Å²) in [5.41, 5.74) is 1.33. The van der Waals surface area contributed by atoms with Gasteiger partial charge in [0.1, 0.15) is 0 Å². The van der Waals surface area contributed by atoms with Gasteiger partial charge >= 0.3 is 0 Å². The number of hydrogen-bond acceptors (Lipinski definition) is 5. The summed E-state index contributed by atoms with van der Waals surface area (Å²) in [5, 5.41) is 11.8. The minimum Gasteiger partial charge on any atom is -0.289 e. The van der Waals surface area contributed by atoms with Gasteiger partial charge in [0.2, 0.25) is 0 Å². The van der Waals surface area contributed by atoms with Gasteiger partial charge in [0.25, 0.3) is 17.5 Å². The molecule has 0 N–H and O–H groups in total. The van der Waals surface area contributed by atoms with Gasteiger partial charge in [0, 0.05) is 46.3 Å². The van der Waals surface area contributed by atoms with Crippen LogP contribution in [0.25, 0.3) is 10.8 Å². The lowest BCUT2D eigenvalue weighted by Gasteiger charge is -2.27. The number of carbonyl (C=O) groups is 3. The van der Waals surface area contributed by atoms with Crippen LogP contribution in [0, 0.1) is 10.1 Å². The van der Waals surface area contributed by atoms with Crippen molar-refractivity contribution < 1.29 is 19.3 Å². The molecule has 4 rings (SSSR count). The Hall–Kier alpha value is -3.87. The number of nitro benzene ring substituents is 1. The van der Waals surface area contributed by atoms with Crippen molar-refractivity contribution in [2.24, 2.45) is 0 Å². The third-order valence-corrected chi connectivity index (χ3v) is 5.31. The lowest BCUT2D eigenvalue weighted by Crippen LogP contribution is -2.40. The molecule has 7 nitrogen and oxygen atoms in total. The van der Waals surface area contributed by atoms with E-state index in [1.165, 1.54) is 29.2 Å². The SMILES string of the molecule is CCCCN1C(=O)c2cccc3c(C(=O)c4ccc([N+](=O)[O-])cc4)ccc(c23)C1=O. The van der Waals surface area contributed by atoms with Gasteiger partial charge in [-0.15, -0.1) is 0 Å². The molecule has 0 saturated carbocycles. The molecular weight excluding hydrogens is 384 g/mol. The summed E-state index contributed by atoms with van der Waals surface area (Å²) in [5.74, 6) is -1.04. The third kappa shape index (κ3) is 3.04. The van der Waals surface area contributed by atoms with Crippen molar-refractivity contribution in [1.29, 1.82) is 0 Å². The molecule has 3 aromatic carbocycles. The van der Waals surface area contributed by atoms with E-state index in [0.29, 0.717) is 39.6 Å². The Balaban J connectivity index is 1.82. The van der Waals surface area contributed by atoms with Crippen molar-refractivity contribution in [2.75, 3.05) is 6.54 Å². The molecule has 1 aliphatic rings. The van der Waals surface area contributed by atoms with Crippen molar-refractivity contribution >= 4 is 34.1 Å². The van der Waals surface area contributed by atoms with Crippen molar-refractivity contribution in [3.63, 3.8) is 0 Å². The highest BCUT2D eigenvalue weighted by Gasteiger charge is 2.33. The van der Waals surface area contributed by atoms with Crippen LogP contribution in [0.2, 0.25) is 0 Å². The van der Waals surface area contributed by atoms with Crippen LogP contribution in [0.1, 0.15) is 56.4 Å². The number of non-ortho nitro benzene ring substituents is 1. The lowest BCUT2D eigenvalue weighted by atomic mass is 9.89. The van der Waals surface area contributed by atoms with Gasteiger partial charge in [-0.3, -0.25) is 29.4 Å². The standard InChI is InChI=1S/C23H18N2O5/c1-2-3-13-24-22(27)18-6-4-5-16-17(11-12-19(20(16)18)23(24)28)21(26)14-7-9-15(10-8-14)25(29)30/h4-12H,2-3,13H2,1H3. The van der Waals surface area contributed by atoms with E-state index >= 15 is 0 Å². The lowest BCUT2D eigenvalue weighted by molar-refractivity contribution is -0.384. The normalized spacial score (nSPS) is 13.0. The van der Waals surface area contributed by atoms with Gasteiger partial charge in [0.05, 0.1) is 4.92 Å². The molecule has 0 atom stereocenters. The second-order valence-corrected chi connectivity index (χ2v) is 7.14. The van der Waals surface area contributed by atoms with Gasteiger partial charge in [0.15, 0.2) is 5.78 Å². The highest BCUT2D eigenvalue weighted by atomic mass is 16.6. The fraction of sp³-hybridized carbons (Fsp3) is 0.174. The Morgan fingerprint density at radius 3 is 2.27 bits per heavy atom. The quantitative estimate of drug-likeness (QED) is 0.264. The first-order valence-electron chi connectivity index (χ1n) is 9.65. The zero-order valence-corrected chi connectivity index (χ0v) is 16.3. The minimum atomic E-state index is -0.530. The number of ketones is 1. The Morgan fingerprint density at radius 1 is 0.967 bits per heavy atom. The smallest absolute Gasteiger partial charge is 0.269 e. The summed E-state index contributed by atoms with van der Waals surface area (Å²) in [6.45, 7) is 2.34. The van der Waals surface area contributed by atoms with Crippen molar-refractivity contribution in [2.45, 2.75) is 19.8 Å². The maximum atomic E-state index is 13.1. The average molecular weight is 402 g/mol. The number of amides is 2. The molecule has 0 radical (unpaired) electrons. The third-order valence-electron chi connectivity index (χ3n) is 5.31. The average Bonchev–Trinajstić information content (AvgIpc) is 2.76. The molecule has 7 heteroatoms. The highest BCUT2D eigenvalue weighted by molar-refractivity contribution is 6.28. The first kappa shape index (κ1) is 19.4. The van der Waals surface area contributed by atoms with Crippen LogP contribution >= 0.6 is 0 Å². The first-order chi connectivity index (χ1) is 14.4. The van der Waals surface area contributed by atoms with Crippen LogP contribution in [0.4, 0.5) is 5.69 Å². The topological polar surface area (TPSA) is 97.6 Å². The first-order valence-corrected chi connectivity index (χ1v) is 9.65. The molecule has 0 spiro atoms. The van der Waals surface area contributed by atoms with E-state index in [9.17, 15) is 24.5 Å². The van der Waals surface area contributed by atoms with Gasteiger partial charge < -0.3 is 0 Å². The molecule has 1 aliphatic heterocycles. The number of hydrogen-bond donors (Lipinski definition) is 0. The van der Waals surface area contributed by atoms with E-state index in [1.54, 1.807) is 30.3 Å². The molecule has 30 heavy (non-hydrogen) atoms. The van der Waals surface area contributed by atoms with E-state index in [1.807, 2.05) is 6.92 Å². The molecule has 150 valence electrons. The minimum absolute atomic E-state index is 0.105. The zero-order valence-electron chi connectivity index (χ0n) is 16.3. The van der Waals surface area contributed by atoms with Crippen LogP contribution in [-0.4, -0.2) is 34.0 Å². The fourth-order valence-corrected chi connectivity index (χ4v) is 3.75. The van der Waals surface area contributed by atoms with Gasteiger partial charge in [-0.1, -0.05) is 25.5 Å². The molecule has 3 aromatic rings. The Bertz CT molecular complexity index is 1190. The highest BCUT2D eigenvalue weighted by Crippen LogP contribution is 2.33. The second-order valence-electron chi connectivity index (χ2n) is 7.14. The van der Waals surface area contributed by atoms with Crippen LogP contribution in [0.5, 0.6) is 0 Å². The Morgan fingerprint density at radius 2 is 1.63 bits per heavy atom. The molecular formula is C23H18N2O5. The predicted octanol–water partition coefficient (Wildman–Crippen LogP) is 4.38. The van der Waals surface area contributed by atoms with Crippen molar-refractivity contribution in [3.05, 3.63) is 87.0 Å². The molecule has 0 aliphatic carbocycles. The summed E-state index contributed by atoms with van der Waals surface area (Å²) in [6, 6.07) is 13.6. The number of unbranched alkanes of at least 4 members (excludes halogenated alkanes) is 1. The van der Waals surface area contributed by atoms with E-state index in [4.69, 9.17) is 0 Å². The van der Waals surface area contributed by atoms with Crippen LogP contribution in [0.3, 0.4) is 0 Å². The monoisotopic (exact) mass is 402 g/mol. The van der Waals surface area contributed by atoms with E-state index in [-0.39, 0.29) is 23.3 Å². The molecule has 1 heterocycles. The Kier molecular flexibility index (Phi) is 4.87. The summed E-state index contributed by atoms with van der Waals surface area (Å²) in [4.78, 5) is 50.5. The second kappa shape index (κ2) is 7.51. The molecule has 0 fully saturated rings. The number of nitro groups is 1. The van der Waals surface area contributed by atoms with Crippen molar-refractivity contribution in [3.8, 4) is 0 Å². The number of carbonyl (C=O) groups excluding carboxylic acids is 3. The van der Waals surface area contributed by atoms with Gasteiger partial charge in [-0.2, -0.15) is 0 Å². The van der Waals surface area contributed by atoms with E-state index < -0.39 is 4.92 Å². The van der Waals surface area contributed by atoms with Crippen molar-refractivity contribution in [1.82, 2.24) is 4.90 Å². The van der Waals surface area contributed by atoms with E-state index in [0.717, 1.165) is 12.8 Å². The number of nitrogens with zero attached hydrogens (tertiary/aromatic N) is 2. The summed E-state index contributed by atoms with van der Waals surface area (Å²) < 4.78 is 0. The fourth-order valence-electron chi connectivity index (χ4n) is 3.75. The van der Waals surface area contributed by atoms with E-state index in [2.05, 4.69) is 0 Å². The summed E-state index contributed by atoms with van der Waals surface area (Å²) >= 11 is 0. The zero-order chi connectivity index (χ0) is 21.4. The molecule has 2 amide bonds. The summed E-state index contributed by atoms with van der Waals surface area (Å²) in [7, 11) is 0. The predicted molar refractivity (Wildman–Crippen MR) is 111 cm³/mol. The number of imide groups is 1. The van der Waals surface area contributed by atoms with Crippen LogP contribution < -0.4 is 0 Å². The number of benzene rings is 3. The summed E-state index contributed by atoms with van der Waals surface area (Å²) in [6.07, 6.45) is 1.58. The molecule has 0 saturated heterocycles. The molecule has 0 aromatic heterocycles. The van der Waals surface area contributed by atoms with Gasteiger partial charge in [-0.25, -0.2) is 0 Å². The largest absolute Gasteiger partial charge is 0.289 e. The van der Waals surface area contributed by atoms with Gasteiger partial charge in [-0.05, 0) is 42.1 Å². The molecule has 0 bridgehead atoms. The number of rotatable bonds is 6. The van der Waals surface area contributed by atoms with Crippen LogP contribution in [0.15, 0.2) is 54.6 Å². The Labute approximate surface area is 172 Å². The maximum absolute atomic E-state index is 13.1. The maximum Gasteiger partial charge on any atom is 0.269 e. The molecule has 0 unspecified atom stereocenters.